The van der Waals surface area contributed by atoms with Crippen molar-refractivity contribution in [3.8, 4) is 0 Å². The van der Waals surface area contributed by atoms with E-state index in [0.717, 1.165) is 17.1 Å². The van der Waals surface area contributed by atoms with E-state index in [1.807, 2.05) is 12.1 Å². The van der Waals surface area contributed by atoms with Crippen LogP contribution in [0.2, 0.25) is 0 Å². The van der Waals surface area contributed by atoms with E-state index >= 15 is 0 Å². The molecule has 2 nitrogen and oxygen atoms in total. The maximum Gasteiger partial charge on any atom is 0.336 e. The Kier molecular flexibility index (Phi) is 4.48. The van der Waals surface area contributed by atoms with Gasteiger partial charge in [-0.1, -0.05) is 6.92 Å². The molecule has 1 rings (SSSR count). The maximum atomic E-state index is 10.7. The fraction of sp³-hybridized carbons (Fsp3) is 0.300. The number of carbonyl (C=O) groups is 1. The lowest BCUT2D eigenvalue weighted by atomic mass is 10.2. The molecule has 14 heavy (non-hydrogen) atoms. The molecule has 0 aromatic heterocycles. The second kappa shape index (κ2) is 5.41. The number of benzene rings is 1. The normalized spacial score (nSPS) is 10.1. The summed E-state index contributed by atoms with van der Waals surface area (Å²) >= 11 is 4.98. The van der Waals surface area contributed by atoms with Gasteiger partial charge in [0, 0.05) is 9.37 Å². The second-order valence-corrected chi connectivity index (χ2v) is 4.82. The zero-order valence-electron chi connectivity index (χ0n) is 7.79. The third-order valence-corrected chi connectivity index (χ3v) is 3.50. The van der Waals surface area contributed by atoms with Crippen molar-refractivity contribution in [3.63, 3.8) is 0 Å². The average molecular weight is 275 g/mol. The first-order valence-corrected chi connectivity index (χ1v) is 6.08. The molecule has 1 aromatic carbocycles. The van der Waals surface area contributed by atoms with E-state index in [9.17, 15) is 4.79 Å². The standard InChI is InChI=1S/C10H11BrO2S/c1-2-5-14-7-3-4-8(10(12)13)9(11)6-7/h3-4,6H,2,5H2,1H3,(H,12,13). The summed E-state index contributed by atoms with van der Waals surface area (Å²) in [5, 5.41) is 8.80. The first-order valence-electron chi connectivity index (χ1n) is 4.30. The van der Waals surface area contributed by atoms with Gasteiger partial charge in [-0.25, -0.2) is 4.79 Å². The minimum Gasteiger partial charge on any atom is -0.478 e. The topological polar surface area (TPSA) is 37.3 Å². The van der Waals surface area contributed by atoms with E-state index in [2.05, 4.69) is 22.9 Å². The molecule has 0 aliphatic carbocycles. The highest BCUT2D eigenvalue weighted by molar-refractivity contribution is 9.10. The Balaban J connectivity index is 2.83. The largest absolute Gasteiger partial charge is 0.478 e. The van der Waals surface area contributed by atoms with Crippen molar-refractivity contribution in [1.29, 1.82) is 0 Å². The maximum absolute atomic E-state index is 10.7. The van der Waals surface area contributed by atoms with Crippen LogP contribution in [0.5, 0.6) is 0 Å². The number of thioether (sulfide) groups is 1. The lowest BCUT2D eigenvalue weighted by Gasteiger charge is -2.03. The van der Waals surface area contributed by atoms with Crippen molar-refractivity contribution in [2.75, 3.05) is 5.75 Å². The molecule has 0 amide bonds. The Morgan fingerprint density at radius 1 is 1.57 bits per heavy atom. The molecule has 1 N–H and O–H groups in total. The highest BCUT2D eigenvalue weighted by atomic mass is 79.9. The zero-order chi connectivity index (χ0) is 10.6. The van der Waals surface area contributed by atoms with Gasteiger partial charge >= 0.3 is 5.97 Å². The van der Waals surface area contributed by atoms with Gasteiger partial charge in [-0.15, -0.1) is 11.8 Å². The van der Waals surface area contributed by atoms with E-state index in [-0.39, 0.29) is 0 Å². The summed E-state index contributed by atoms with van der Waals surface area (Å²) in [5.74, 6) is 0.155. The lowest BCUT2D eigenvalue weighted by molar-refractivity contribution is 0.0696. The number of hydrogen-bond acceptors (Lipinski definition) is 2. The van der Waals surface area contributed by atoms with Crippen LogP contribution in [0.4, 0.5) is 0 Å². The summed E-state index contributed by atoms with van der Waals surface area (Å²) < 4.78 is 0.645. The third kappa shape index (κ3) is 3.03. The van der Waals surface area contributed by atoms with Crippen LogP contribution in [0.15, 0.2) is 27.6 Å². The Labute approximate surface area is 95.8 Å². The van der Waals surface area contributed by atoms with Crippen LogP contribution in [0.1, 0.15) is 23.7 Å². The van der Waals surface area contributed by atoms with E-state index in [1.165, 1.54) is 0 Å². The number of aromatic carboxylic acids is 1. The summed E-state index contributed by atoms with van der Waals surface area (Å²) in [4.78, 5) is 11.8. The van der Waals surface area contributed by atoms with Crippen LogP contribution < -0.4 is 0 Å². The first kappa shape index (κ1) is 11.6. The van der Waals surface area contributed by atoms with Gasteiger partial charge in [-0.3, -0.25) is 0 Å². The predicted molar refractivity (Wildman–Crippen MR) is 62.1 cm³/mol. The van der Waals surface area contributed by atoms with Gasteiger partial charge in [0.2, 0.25) is 0 Å². The molecule has 0 bridgehead atoms. The molecular formula is C10H11BrO2S. The van der Waals surface area contributed by atoms with Crippen molar-refractivity contribution in [1.82, 2.24) is 0 Å². The molecule has 0 fully saturated rings. The Morgan fingerprint density at radius 2 is 2.29 bits per heavy atom. The molecular weight excluding hydrogens is 264 g/mol. The van der Waals surface area contributed by atoms with E-state index in [0.29, 0.717) is 10.0 Å². The number of rotatable bonds is 4. The van der Waals surface area contributed by atoms with Crippen molar-refractivity contribution in [2.45, 2.75) is 18.2 Å². The van der Waals surface area contributed by atoms with E-state index in [4.69, 9.17) is 5.11 Å². The van der Waals surface area contributed by atoms with Gasteiger partial charge in [-0.2, -0.15) is 0 Å². The van der Waals surface area contributed by atoms with E-state index in [1.54, 1.807) is 17.8 Å². The van der Waals surface area contributed by atoms with Gasteiger partial charge in [0.15, 0.2) is 0 Å². The second-order valence-electron chi connectivity index (χ2n) is 2.80. The molecule has 1 aromatic rings. The molecule has 76 valence electrons. The van der Waals surface area contributed by atoms with Crippen LogP contribution in [0.3, 0.4) is 0 Å². The average Bonchev–Trinajstić information content (AvgIpc) is 2.14. The highest BCUT2D eigenvalue weighted by Crippen LogP contribution is 2.25. The van der Waals surface area contributed by atoms with Gasteiger partial charge < -0.3 is 5.11 Å². The molecule has 0 unspecified atom stereocenters. The summed E-state index contributed by atoms with van der Waals surface area (Å²) in [6, 6.07) is 5.32. The molecule has 0 aliphatic heterocycles. The molecule has 0 saturated carbocycles. The van der Waals surface area contributed by atoms with Crippen LogP contribution >= 0.6 is 27.7 Å². The van der Waals surface area contributed by atoms with Gasteiger partial charge in [0.1, 0.15) is 0 Å². The minimum absolute atomic E-state index is 0.311. The molecule has 0 heterocycles. The third-order valence-electron chi connectivity index (χ3n) is 1.64. The zero-order valence-corrected chi connectivity index (χ0v) is 10.2. The quantitative estimate of drug-likeness (QED) is 0.852. The number of carboxylic acids is 1. The predicted octanol–water partition coefficient (Wildman–Crippen LogP) is 3.65. The number of halogens is 1. The monoisotopic (exact) mass is 274 g/mol. The minimum atomic E-state index is -0.899. The van der Waals surface area contributed by atoms with Gasteiger partial charge in [0.05, 0.1) is 5.56 Å². The lowest BCUT2D eigenvalue weighted by Crippen LogP contribution is -1.97. The number of hydrogen-bond donors (Lipinski definition) is 1. The molecule has 4 heteroatoms. The van der Waals surface area contributed by atoms with Crippen molar-refractivity contribution in [3.05, 3.63) is 28.2 Å². The molecule has 0 atom stereocenters. The van der Waals surface area contributed by atoms with E-state index < -0.39 is 5.97 Å². The fourth-order valence-electron chi connectivity index (χ4n) is 0.979. The van der Waals surface area contributed by atoms with Gasteiger partial charge in [-0.05, 0) is 46.3 Å². The Morgan fingerprint density at radius 3 is 2.79 bits per heavy atom. The van der Waals surface area contributed by atoms with Crippen LogP contribution in [-0.2, 0) is 0 Å². The number of carboxylic acid groups (broad SMARTS) is 1. The van der Waals surface area contributed by atoms with Crippen molar-refractivity contribution in [2.24, 2.45) is 0 Å². The van der Waals surface area contributed by atoms with Crippen LogP contribution in [-0.4, -0.2) is 16.8 Å². The first-order chi connectivity index (χ1) is 6.65. The van der Waals surface area contributed by atoms with Crippen molar-refractivity contribution >= 4 is 33.7 Å². The van der Waals surface area contributed by atoms with Crippen molar-refractivity contribution < 1.29 is 9.90 Å². The summed E-state index contributed by atoms with van der Waals surface area (Å²) in [6.45, 7) is 2.12. The molecule has 0 saturated heterocycles. The molecule has 0 aliphatic rings. The Hall–Kier alpha value is -0.480. The molecule has 0 radical (unpaired) electrons. The summed E-state index contributed by atoms with van der Waals surface area (Å²) in [5.41, 5.74) is 0.311. The van der Waals surface area contributed by atoms with Crippen LogP contribution in [0, 0.1) is 0 Å². The molecule has 0 spiro atoms. The van der Waals surface area contributed by atoms with Crippen LogP contribution in [0.25, 0.3) is 0 Å². The Bertz CT molecular complexity index is 339. The fourth-order valence-corrected chi connectivity index (χ4v) is 2.48. The summed E-state index contributed by atoms with van der Waals surface area (Å²) in [7, 11) is 0. The SMILES string of the molecule is CCCSc1ccc(C(=O)O)c(Br)c1. The summed E-state index contributed by atoms with van der Waals surface area (Å²) in [6.07, 6.45) is 1.11. The highest BCUT2D eigenvalue weighted by Gasteiger charge is 2.08. The van der Waals surface area contributed by atoms with Gasteiger partial charge in [0.25, 0.3) is 0 Å². The smallest absolute Gasteiger partial charge is 0.336 e.